The van der Waals surface area contributed by atoms with Crippen molar-refractivity contribution in [2.45, 2.75) is 124 Å². The summed E-state index contributed by atoms with van der Waals surface area (Å²) in [6.45, 7) is 19.2. The highest BCUT2D eigenvalue weighted by Gasteiger charge is 2.26. The quantitative estimate of drug-likeness (QED) is 0.288. The molecule has 196 valence electrons. The van der Waals surface area contributed by atoms with Gasteiger partial charge in [-0.05, 0) is 114 Å². The van der Waals surface area contributed by atoms with E-state index in [-0.39, 0.29) is 24.0 Å². The Labute approximate surface area is 216 Å². The average Bonchev–Trinajstić information content (AvgIpc) is 2.79. The summed E-state index contributed by atoms with van der Waals surface area (Å²) >= 11 is 0. The van der Waals surface area contributed by atoms with Crippen LogP contribution in [0.1, 0.15) is 125 Å². The van der Waals surface area contributed by atoms with Crippen LogP contribution in [0, 0.1) is 13.8 Å². The monoisotopic (exact) mass is 480 g/mol. The van der Waals surface area contributed by atoms with Crippen molar-refractivity contribution in [1.82, 2.24) is 0 Å². The molecule has 0 aliphatic heterocycles. The number of hydrogen-bond acceptors (Lipinski definition) is 2. The molecule has 0 aliphatic carbocycles. The molecule has 0 bridgehead atoms. The summed E-state index contributed by atoms with van der Waals surface area (Å²) in [6, 6.07) is 9.61. The summed E-state index contributed by atoms with van der Waals surface area (Å²) in [7, 11) is 0. The molecule has 0 saturated carbocycles. The van der Waals surface area contributed by atoms with Crippen molar-refractivity contribution in [2.24, 2.45) is 0 Å². The average molecular weight is 481 g/mol. The maximum atomic E-state index is 9.47. The molecule has 0 aliphatic rings. The standard InChI is InChI=1S/C33H52O2/c1-9-15-32(5,6)30-21-26(13-11-17-34)19-28(24(30)3)23-29-20-27(14-12-18-35)22-31(25(29)4)33(7,8)16-10-2/h19-22,34-35H,9-18,23H2,1-8H3. The Hall–Kier alpha value is -1.64. The summed E-state index contributed by atoms with van der Waals surface area (Å²) in [4.78, 5) is 0. The summed E-state index contributed by atoms with van der Waals surface area (Å²) in [6.07, 6.45) is 9.06. The number of aliphatic hydroxyl groups is 2. The second kappa shape index (κ2) is 13.1. The molecule has 2 aromatic carbocycles. The van der Waals surface area contributed by atoms with Crippen LogP contribution in [-0.2, 0) is 30.1 Å². The fourth-order valence-corrected chi connectivity index (χ4v) is 6.03. The molecule has 0 fully saturated rings. The van der Waals surface area contributed by atoms with Crippen LogP contribution in [0.4, 0.5) is 0 Å². The Morgan fingerprint density at radius 2 is 1.00 bits per heavy atom. The topological polar surface area (TPSA) is 40.5 Å². The molecular formula is C33H52O2. The molecule has 0 unspecified atom stereocenters. The molecule has 0 saturated heterocycles. The smallest absolute Gasteiger partial charge is 0.0434 e. The van der Waals surface area contributed by atoms with Gasteiger partial charge in [-0.3, -0.25) is 0 Å². The minimum Gasteiger partial charge on any atom is -0.396 e. The third-order valence-corrected chi connectivity index (χ3v) is 7.99. The van der Waals surface area contributed by atoms with Crippen LogP contribution < -0.4 is 0 Å². The number of rotatable bonds is 14. The lowest BCUT2D eigenvalue weighted by Gasteiger charge is -2.30. The third-order valence-electron chi connectivity index (χ3n) is 7.99. The van der Waals surface area contributed by atoms with E-state index >= 15 is 0 Å². The van der Waals surface area contributed by atoms with E-state index in [0.717, 1.165) is 32.1 Å². The van der Waals surface area contributed by atoms with Crippen molar-refractivity contribution in [2.75, 3.05) is 13.2 Å². The highest BCUT2D eigenvalue weighted by molar-refractivity contribution is 5.48. The fourth-order valence-electron chi connectivity index (χ4n) is 6.03. The first-order valence-electron chi connectivity index (χ1n) is 14.0. The van der Waals surface area contributed by atoms with Gasteiger partial charge >= 0.3 is 0 Å². The van der Waals surface area contributed by atoms with Gasteiger partial charge in [-0.25, -0.2) is 0 Å². The molecule has 0 amide bonds. The van der Waals surface area contributed by atoms with Crippen LogP contribution in [0.2, 0.25) is 0 Å². The van der Waals surface area contributed by atoms with Gasteiger partial charge in [0.25, 0.3) is 0 Å². The van der Waals surface area contributed by atoms with Gasteiger partial charge in [0, 0.05) is 13.2 Å². The minimum absolute atomic E-state index is 0.134. The number of benzene rings is 2. The van der Waals surface area contributed by atoms with Crippen molar-refractivity contribution in [3.8, 4) is 0 Å². The Kier molecular flexibility index (Phi) is 11.0. The first kappa shape index (κ1) is 29.6. The van der Waals surface area contributed by atoms with Gasteiger partial charge in [0.2, 0.25) is 0 Å². The van der Waals surface area contributed by atoms with Gasteiger partial charge in [0.15, 0.2) is 0 Å². The second-order valence-corrected chi connectivity index (χ2v) is 12.0. The van der Waals surface area contributed by atoms with E-state index in [9.17, 15) is 10.2 Å². The van der Waals surface area contributed by atoms with Gasteiger partial charge in [0.05, 0.1) is 0 Å². The van der Waals surface area contributed by atoms with Gasteiger partial charge in [-0.1, -0.05) is 78.6 Å². The molecule has 2 nitrogen and oxygen atoms in total. The maximum Gasteiger partial charge on any atom is 0.0434 e. The zero-order chi connectivity index (χ0) is 26.2. The van der Waals surface area contributed by atoms with Crippen LogP contribution in [-0.4, -0.2) is 23.4 Å². The van der Waals surface area contributed by atoms with Gasteiger partial charge in [-0.15, -0.1) is 0 Å². The van der Waals surface area contributed by atoms with E-state index in [4.69, 9.17) is 0 Å². The molecule has 2 N–H and O–H groups in total. The maximum absolute atomic E-state index is 9.47. The van der Waals surface area contributed by atoms with Crippen molar-refractivity contribution >= 4 is 0 Å². The van der Waals surface area contributed by atoms with E-state index in [1.54, 1.807) is 0 Å². The first-order chi connectivity index (χ1) is 16.5. The third kappa shape index (κ3) is 7.67. The van der Waals surface area contributed by atoms with Crippen molar-refractivity contribution in [3.05, 3.63) is 68.8 Å². The molecule has 2 aromatic rings. The fraction of sp³-hybridized carbons (Fsp3) is 0.636. The normalized spacial score (nSPS) is 12.4. The van der Waals surface area contributed by atoms with Crippen LogP contribution in [0.25, 0.3) is 0 Å². The summed E-state index contributed by atoms with van der Waals surface area (Å²) in [5, 5.41) is 18.9. The van der Waals surface area contributed by atoms with E-state index in [1.165, 1.54) is 70.2 Å². The van der Waals surface area contributed by atoms with Crippen molar-refractivity contribution < 1.29 is 10.2 Å². The summed E-state index contributed by atoms with van der Waals surface area (Å²) in [5.41, 5.74) is 11.6. The Morgan fingerprint density at radius 1 is 0.629 bits per heavy atom. The molecule has 2 heteroatoms. The lowest BCUT2D eigenvalue weighted by atomic mass is 9.74. The first-order valence-corrected chi connectivity index (χ1v) is 14.0. The lowest BCUT2D eigenvalue weighted by molar-refractivity contribution is 0.288. The molecule has 0 aromatic heterocycles. The van der Waals surface area contributed by atoms with Gasteiger partial charge in [-0.2, -0.15) is 0 Å². The predicted octanol–water partition coefficient (Wildman–Crippen LogP) is 7.90. The highest BCUT2D eigenvalue weighted by Crippen LogP contribution is 2.37. The van der Waals surface area contributed by atoms with Crippen molar-refractivity contribution in [3.63, 3.8) is 0 Å². The molecular weight excluding hydrogens is 428 g/mol. The van der Waals surface area contributed by atoms with Crippen LogP contribution in [0.5, 0.6) is 0 Å². The summed E-state index contributed by atoms with van der Waals surface area (Å²) in [5.74, 6) is 0. The zero-order valence-electron chi connectivity index (χ0n) is 24.0. The minimum atomic E-state index is 0.134. The number of aryl methyl sites for hydroxylation is 2. The zero-order valence-corrected chi connectivity index (χ0v) is 24.0. The summed E-state index contributed by atoms with van der Waals surface area (Å²) < 4.78 is 0. The number of aliphatic hydroxyl groups excluding tert-OH is 2. The predicted molar refractivity (Wildman–Crippen MR) is 152 cm³/mol. The molecule has 2 rings (SSSR count). The number of hydrogen-bond donors (Lipinski definition) is 2. The van der Waals surface area contributed by atoms with E-state index in [2.05, 4.69) is 79.7 Å². The molecule has 0 heterocycles. The highest BCUT2D eigenvalue weighted by atomic mass is 16.3. The molecule has 0 radical (unpaired) electrons. The Bertz CT molecular complexity index is 875. The van der Waals surface area contributed by atoms with E-state index in [1.807, 2.05) is 0 Å². The lowest BCUT2D eigenvalue weighted by Crippen LogP contribution is -2.21. The molecule has 0 spiro atoms. The molecule has 0 atom stereocenters. The van der Waals surface area contributed by atoms with E-state index in [0.29, 0.717) is 0 Å². The second-order valence-electron chi connectivity index (χ2n) is 12.0. The van der Waals surface area contributed by atoms with Gasteiger partial charge in [0.1, 0.15) is 0 Å². The van der Waals surface area contributed by atoms with Crippen molar-refractivity contribution in [1.29, 1.82) is 0 Å². The Morgan fingerprint density at radius 3 is 1.31 bits per heavy atom. The van der Waals surface area contributed by atoms with Crippen LogP contribution in [0.15, 0.2) is 24.3 Å². The van der Waals surface area contributed by atoms with E-state index < -0.39 is 0 Å². The van der Waals surface area contributed by atoms with Gasteiger partial charge < -0.3 is 10.2 Å². The SMILES string of the molecule is CCCC(C)(C)c1cc(CCCO)cc(Cc2cc(CCCO)cc(C(C)(C)CCC)c2C)c1C. The Balaban J connectivity index is 2.65. The largest absolute Gasteiger partial charge is 0.396 e. The van der Waals surface area contributed by atoms with Crippen LogP contribution >= 0.6 is 0 Å². The molecule has 35 heavy (non-hydrogen) atoms. The van der Waals surface area contributed by atoms with Crippen LogP contribution in [0.3, 0.4) is 0 Å².